The number of carbonyl (C=O) groups is 1. The molecule has 4 rings (SSSR count). The van der Waals surface area contributed by atoms with Crippen molar-refractivity contribution in [3.05, 3.63) is 0 Å². The minimum Gasteiger partial charge on any atom is -0.459 e. The second-order valence-corrected chi connectivity index (χ2v) is 7.42. The number of aliphatic hydroxyl groups is 1. The largest absolute Gasteiger partial charge is 0.459 e. The first-order valence-corrected chi connectivity index (χ1v) is 8.01. The molecular weight excluding hydrogens is 278 g/mol. The maximum Gasteiger partial charge on any atom is 0.309 e. The maximum atomic E-state index is 12.9. The van der Waals surface area contributed by atoms with Gasteiger partial charge in [0.1, 0.15) is 0 Å². The number of rotatable bonds is 4. The Kier molecular flexibility index (Phi) is 3.55. The molecule has 3 nitrogen and oxygen atoms in total. The van der Waals surface area contributed by atoms with E-state index in [9.17, 15) is 18.7 Å². The van der Waals surface area contributed by atoms with E-state index in [1.54, 1.807) is 0 Å². The molecule has 0 aromatic carbocycles. The fourth-order valence-electron chi connectivity index (χ4n) is 5.23. The predicted octanol–water partition coefficient (Wildman–Crippen LogP) is 3.01. The Hall–Kier alpha value is -0.710. The summed E-state index contributed by atoms with van der Waals surface area (Å²) < 4.78 is 30.7. The van der Waals surface area contributed by atoms with Crippen molar-refractivity contribution in [2.45, 2.75) is 57.5 Å². The lowest BCUT2D eigenvalue weighted by molar-refractivity contribution is -0.216. The van der Waals surface area contributed by atoms with Crippen molar-refractivity contribution in [2.24, 2.45) is 29.6 Å². The predicted molar refractivity (Wildman–Crippen MR) is 72.7 cm³/mol. The van der Waals surface area contributed by atoms with Crippen LogP contribution in [0.4, 0.5) is 8.78 Å². The van der Waals surface area contributed by atoms with Crippen LogP contribution in [0.25, 0.3) is 0 Å². The number of esters is 1. The van der Waals surface area contributed by atoms with E-state index in [1.165, 1.54) is 0 Å². The summed E-state index contributed by atoms with van der Waals surface area (Å²) in [5.74, 6) is -2.98. The number of hydrogen-bond donors (Lipinski definition) is 1. The zero-order valence-corrected chi connectivity index (χ0v) is 12.6. The summed E-state index contributed by atoms with van der Waals surface area (Å²) in [5.41, 5.74) is -0.814. The van der Waals surface area contributed by atoms with Gasteiger partial charge in [0.05, 0.1) is 11.5 Å². The first-order chi connectivity index (χ1) is 9.74. The Morgan fingerprint density at radius 3 is 2.67 bits per heavy atom. The van der Waals surface area contributed by atoms with Gasteiger partial charge in [-0.3, -0.25) is 4.79 Å². The van der Waals surface area contributed by atoms with Gasteiger partial charge in [0.25, 0.3) is 5.92 Å². The van der Waals surface area contributed by atoms with Crippen LogP contribution in [0.3, 0.4) is 0 Å². The molecule has 0 aromatic heterocycles. The van der Waals surface area contributed by atoms with Gasteiger partial charge >= 0.3 is 5.97 Å². The van der Waals surface area contributed by atoms with Crippen molar-refractivity contribution in [1.82, 2.24) is 0 Å². The van der Waals surface area contributed by atoms with E-state index >= 15 is 0 Å². The molecule has 5 heteroatoms. The zero-order valence-electron chi connectivity index (χ0n) is 12.6. The van der Waals surface area contributed by atoms with E-state index in [1.807, 2.05) is 6.92 Å². The van der Waals surface area contributed by atoms with Gasteiger partial charge in [0.15, 0.2) is 6.61 Å². The number of halogens is 2. The molecule has 0 amide bonds. The highest BCUT2D eigenvalue weighted by Gasteiger charge is 2.62. The summed E-state index contributed by atoms with van der Waals surface area (Å²) in [6, 6.07) is 0. The second-order valence-electron chi connectivity index (χ2n) is 7.42. The fraction of sp³-hybridized carbons (Fsp3) is 0.938. The smallest absolute Gasteiger partial charge is 0.309 e. The third-order valence-corrected chi connectivity index (χ3v) is 6.03. The minimum absolute atomic E-state index is 0.114. The Labute approximate surface area is 124 Å². The molecule has 1 N–H and O–H groups in total. The van der Waals surface area contributed by atoms with Crippen LogP contribution >= 0.6 is 0 Å². The van der Waals surface area contributed by atoms with Gasteiger partial charge in [0, 0.05) is 12.8 Å². The summed E-state index contributed by atoms with van der Waals surface area (Å²) in [7, 11) is 0. The zero-order chi connectivity index (χ0) is 15.4. The third-order valence-electron chi connectivity index (χ3n) is 6.03. The maximum absolute atomic E-state index is 12.9. The number of ether oxygens (including phenoxy) is 1. The molecule has 120 valence electrons. The first kappa shape index (κ1) is 15.2. The lowest BCUT2D eigenvalue weighted by Gasteiger charge is -2.61. The van der Waals surface area contributed by atoms with Gasteiger partial charge in [-0.1, -0.05) is 6.92 Å². The number of hydrogen-bond acceptors (Lipinski definition) is 3. The average Bonchev–Trinajstić information content (AvgIpc) is 2.40. The Morgan fingerprint density at radius 2 is 2.05 bits per heavy atom. The highest BCUT2D eigenvalue weighted by molar-refractivity contribution is 5.74. The van der Waals surface area contributed by atoms with Gasteiger partial charge in [-0.2, -0.15) is 0 Å². The van der Waals surface area contributed by atoms with Gasteiger partial charge in [0.2, 0.25) is 0 Å². The summed E-state index contributed by atoms with van der Waals surface area (Å²) in [6.07, 6.45) is 4.32. The van der Waals surface area contributed by atoms with Gasteiger partial charge in [-0.15, -0.1) is 0 Å². The van der Waals surface area contributed by atoms with E-state index in [0.717, 1.165) is 32.6 Å². The van der Waals surface area contributed by atoms with Crippen LogP contribution < -0.4 is 0 Å². The van der Waals surface area contributed by atoms with Crippen LogP contribution in [0.2, 0.25) is 0 Å². The van der Waals surface area contributed by atoms with E-state index in [4.69, 9.17) is 4.74 Å². The molecule has 6 atom stereocenters. The average molecular weight is 302 g/mol. The van der Waals surface area contributed by atoms with Crippen LogP contribution in [-0.2, 0) is 9.53 Å². The van der Waals surface area contributed by atoms with Crippen molar-refractivity contribution < 1.29 is 23.4 Å². The Balaban J connectivity index is 1.78. The van der Waals surface area contributed by atoms with E-state index < -0.39 is 30.0 Å². The molecule has 4 saturated carbocycles. The molecule has 0 saturated heterocycles. The lowest BCUT2D eigenvalue weighted by Crippen LogP contribution is -2.63. The third kappa shape index (κ3) is 2.47. The molecule has 0 heterocycles. The SMILES string of the molecule is CCC1(O)C2CC3CC(C2)C(C(=O)OCC(C)(F)F)C1C3. The fourth-order valence-corrected chi connectivity index (χ4v) is 5.23. The normalized spacial score (nSPS) is 44.9. The van der Waals surface area contributed by atoms with Crippen LogP contribution in [0.15, 0.2) is 0 Å². The Bertz CT molecular complexity index is 434. The van der Waals surface area contributed by atoms with Crippen molar-refractivity contribution in [3.63, 3.8) is 0 Å². The van der Waals surface area contributed by atoms with Crippen LogP contribution in [-0.4, -0.2) is 29.2 Å². The van der Waals surface area contributed by atoms with Gasteiger partial charge in [-0.25, -0.2) is 8.78 Å². The van der Waals surface area contributed by atoms with Crippen molar-refractivity contribution in [2.75, 3.05) is 6.61 Å². The topological polar surface area (TPSA) is 46.5 Å². The van der Waals surface area contributed by atoms with Crippen molar-refractivity contribution in [3.8, 4) is 0 Å². The summed E-state index contributed by atoms with van der Waals surface area (Å²) in [4.78, 5) is 12.3. The summed E-state index contributed by atoms with van der Waals surface area (Å²) in [5, 5.41) is 11.0. The number of alkyl halides is 2. The van der Waals surface area contributed by atoms with Crippen molar-refractivity contribution in [1.29, 1.82) is 0 Å². The molecule has 0 aromatic rings. The molecule has 0 aliphatic heterocycles. The molecule has 0 radical (unpaired) electrons. The molecular formula is C16H24F2O3. The first-order valence-electron chi connectivity index (χ1n) is 8.01. The Morgan fingerprint density at radius 1 is 1.33 bits per heavy atom. The van der Waals surface area contributed by atoms with Crippen LogP contribution in [0.1, 0.15) is 46.0 Å². The minimum atomic E-state index is -3.00. The molecule has 4 aliphatic rings. The molecule has 0 spiro atoms. The van der Waals surface area contributed by atoms with E-state index in [2.05, 4.69) is 0 Å². The van der Waals surface area contributed by atoms with E-state index in [0.29, 0.717) is 12.3 Å². The molecule has 4 aliphatic carbocycles. The number of carbonyl (C=O) groups excluding carboxylic acids is 1. The highest BCUT2D eigenvalue weighted by Crippen LogP contribution is 2.61. The van der Waals surface area contributed by atoms with Crippen LogP contribution in [0.5, 0.6) is 0 Å². The van der Waals surface area contributed by atoms with Gasteiger partial charge in [-0.05, 0) is 49.9 Å². The molecule has 4 fully saturated rings. The van der Waals surface area contributed by atoms with E-state index in [-0.39, 0.29) is 17.8 Å². The molecule has 6 unspecified atom stereocenters. The quantitative estimate of drug-likeness (QED) is 0.812. The standard InChI is InChI=1S/C16H24F2O3/c1-3-16(20)11-5-9-4-10(7-11)13(12(16)6-9)14(19)21-8-15(2,17)18/h9-13,20H,3-8H2,1-2H3. The highest BCUT2D eigenvalue weighted by atomic mass is 19.3. The monoisotopic (exact) mass is 302 g/mol. The van der Waals surface area contributed by atoms with Crippen molar-refractivity contribution >= 4 is 5.97 Å². The summed E-state index contributed by atoms with van der Waals surface area (Å²) >= 11 is 0. The van der Waals surface area contributed by atoms with Crippen LogP contribution in [0, 0.1) is 29.6 Å². The lowest BCUT2D eigenvalue weighted by atomic mass is 9.45. The summed E-state index contributed by atoms with van der Waals surface area (Å²) in [6.45, 7) is 1.84. The molecule has 21 heavy (non-hydrogen) atoms. The molecule has 4 bridgehead atoms. The second kappa shape index (κ2) is 4.90. The van der Waals surface area contributed by atoms with Gasteiger partial charge < -0.3 is 9.84 Å².